The molecule has 0 bridgehead atoms. The van der Waals surface area contributed by atoms with E-state index >= 15 is 0 Å². The Labute approximate surface area is 354 Å². The predicted molar refractivity (Wildman–Crippen MR) is 207 cm³/mol. The minimum absolute atomic E-state index is 0.00881. The lowest BCUT2D eigenvalue weighted by molar-refractivity contribution is -0.155. The molecule has 7 rings (SSSR count). The van der Waals surface area contributed by atoms with E-state index in [4.69, 9.17) is 65.4 Å². The summed E-state index contributed by atoms with van der Waals surface area (Å²) in [5.74, 6) is -7.98. The second-order valence-corrected chi connectivity index (χ2v) is 22.1. The minimum Gasteiger partial charge on any atom is -0.547 e. The Bertz CT molecular complexity index is 1810. The van der Waals surface area contributed by atoms with Crippen molar-refractivity contribution in [1.82, 2.24) is 0 Å². The number of ether oxygens (including phenoxy) is 4. The molecule has 5 saturated carbocycles. The van der Waals surface area contributed by atoms with Crippen LogP contribution in [-0.4, -0.2) is 102 Å². The van der Waals surface area contributed by atoms with Gasteiger partial charge in [0.25, 0.3) is 0 Å². The van der Waals surface area contributed by atoms with Crippen LogP contribution in [0.3, 0.4) is 0 Å². The van der Waals surface area contributed by atoms with Gasteiger partial charge in [-0.15, -0.1) is 0 Å². The summed E-state index contributed by atoms with van der Waals surface area (Å²) < 4.78 is 66.9. The number of allylic oxidation sites excluding steroid dienone is 2. The third kappa shape index (κ3) is 9.67. The SMILES string of the molecule is CCOC(=O)[C@@]1(F)[C@@H]2CC=C(O[Si](C)(C)C)[C@@H]21.CCOC(=O)[C@@]1(F)[C@@H]2C[C@@H](O)C(=O)[C@@H]21.CCOC(=O)[C@@]1(F)[C@@H]2C[C@@H](OC(=O)c3cccc(Cl)c3)C(=O)[C@@H]21.ClC(Cl)Cl. The van der Waals surface area contributed by atoms with Crippen molar-refractivity contribution in [3.8, 4) is 0 Å². The summed E-state index contributed by atoms with van der Waals surface area (Å²) >= 11 is 20.2. The number of ketones is 2. The minimum atomic E-state index is -2.26. The maximum Gasteiger partial charge on any atom is 0.345 e. The van der Waals surface area contributed by atoms with Crippen LogP contribution in [-0.2, 0) is 47.3 Å². The summed E-state index contributed by atoms with van der Waals surface area (Å²) in [6, 6.07) is 6.11. The number of carbonyl (C=O) groups excluding carboxylic acids is 6. The molecule has 20 heteroatoms. The molecule has 0 amide bonds. The fourth-order valence-corrected chi connectivity index (χ4v) is 8.94. The molecule has 1 N–H and O–H groups in total. The number of fused-ring (bicyclic) bond motifs is 3. The molecule has 0 radical (unpaired) electrons. The lowest BCUT2D eigenvalue weighted by atomic mass is 10.1. The summed E-state index contributed by atoms with van der Waals surface area (Å²) in [7, 11) is -1.74. The van der Waals surface area contributed by atoms with Crippen molar-refractivity contribution < 1.29 is 70.4 Å². The van der Waals surface area contributed by atoms with Gasteiger partial charge in [0.15, 0.2) is 22.0 Å². The number of benzene rings is 1. The van der Waals surface area contributed by atoms with Crippen LogP contribution in [0, 0.1) is 35.5 Å². The van der Waals surface area contributed by atoms with Crippen molar-refractivity contribution in [2.75, 3.05) is 19.8 Å². The highest BCUT2D eigenvalue weighted by Crippen LogP contribution is 2.65. The highest BCUT2D eigenvalue weighted by molar-refractivity contribution is 6.70. The van der Waals surface area contributed by atoms with Crippen LogP contribution in [0.1, 0.15) is 50.4 Å². The third-order valence-corrected chi connectivity index (χ3v) is 11.5. The zero-order chi connectivity index (χ0) is 43.7. The van der Waals surface area contributed by atoms with Crippen molar-refractivity contribution in [1.29, 1.82) is 0 Å². The monoisotopic (exact) mass is 918 g/mol. The molecular weight excluding hydrogens is 875 g/mol. The summed E-state index contributed by atoms with van der Waals surface area (Å²) in [6.07, 6.45) is 0.409. The number of esters is 4. The second-order valence-electron chi connectivity index (χ2n) is 15.2. The lowest BCUT2D eigenvalue weighted by Gasteiger charge is -2.22. The van der Waals surface area contributed by atoms with E-state index in [2.05, 4.69) is 9.47 Å². The molecule has 0 aromatic heterocycles. The molecule has 0 saturated heterocycles. The maximum atomic E-state index is 14.5. The highest BCUT2D eigenvalue weighted by atomic mass is 35.6. The third-order valence-electron chi connectivity index (χ3n) is 10.4. The van der Waals surface area contributed by atoms with Crippen LogP contribution in [0.25, 0.3) is 0 Å². The van der Waals surface area contributed by atoms with Gasteiger partial charge in [-0.05, 0) is 83.9 Å². The zero-order valence-electron chi connectivity index (χ0n) is 32.4. The van der Waals surface area contributed by atoms with Gasteiger partial charge in [-0.2, -0.15) is 0 Å². The quantitative estimate of drug-likeness (QED) is 0.113. The van der Waals surface area contributed by atoms with Crippen LogP contribution < -0.4 is 0 Å². The van der Waals surface area contributed by atoms with Gasteiger partial charge in [0, 0.05) is 22.8 Å². The standard InChI is InChI=1S/C16H14ClFO5.C12H19FO3Si.C9H11FO4.CHCl3/c1-2-22-15(21)16(18)10-7-11(13(19)12(10)16)23-14(20)8-4-3-5-9(17)6-8;1-5-15-11(14)12(13)8-6-7-9(10(8)12)16-17(2,3)4;1-2-14-8(13)9(10)4-3-5(11)7(12)6(4)9;2-1(3)4/h3-6,10-12H,2,7H2,1H3;7-8,10H,5-6H2,1-4H3;4-6,11H,2-3H2,1H3;1H/t10-,11-,12-,16-;8-,10-,12-;4-,5-,6-,9-;/m111./s1. The first-order chi connectivity index (χ1) is 27.0. The molecule has 0 heterocycles. The first-order valence-electron chi connectivity index (χ1n) is 18.6. The normalized spacial score (nSPS) is 34.2. The zero-order valence-corrected chi connectivity index (χ0v) is 36.4. The number of Topliss-reactive ketones (excluding diaryl/α,β-unsaturated/α-hetero) is 2. The van der Waals surface area contributed by atoms with Gasteiger partial charge >= 0.3 is 23.9 Å². The Morgan fingerprint density at radius 2 is 1.26 bits per heavy atom. The molecule has 6 aliphatic rings. The smallest absolute Gasteiger partial charge is 0.345 e. The number of aliphatic hydroxyl groups excluding tert-OH is 1. The number of aliphatic hydroxyl groups is 1. The fourth-order valence-electron chi connectivity index (χ4n) is 7.83. The number of hydrogen-bond donors (Lipinski definition) is 1. The van der Waals surface area contributed by atoms with Crippen LogP contribution in [0.2, 0.25) is 24.7 Å². The molecule has 58 heavy (non-hydrogen) atoms. The van der Waals surface area contributed by atoms with Gasteiger partial charge in [0.2, 0.25) is 25.3 Å². The first-order valence-corrected chi connectivity index (χ1v) is 23.7. The van der Waals surface area contributed by atoms with E-state index in [1.54, 1.807) is 32.9 Å². The number of carbonyl (C=O) groups is 6. The number of hydrogen-bond acceptors (Lipinski definition) is 12. The summed E-state index contributed by atoms with van der Waals surface area (Å²) in [5.41, 5.74) is -6.01. The number of rotatable bonds is 10. The molecule has 5 fully saturated rings. The molecule has 6 aliphatic carbocycles. The lowest BCUT2D eigenvalue weighted by Crippen LogP contribution is -2.35. The van der Waals surface area contributed by atoms with E-state index in [-0.39, 0.29) is 44.1 Å². The van der Waals surface area contributed by atoms with Gasteiger partial charge in [0.05, 0.1) is 48.9 Å². The van der Waals surface area contributed by atoms with Crippen LogP contribution in [0.15, 0.2) is 36.1 Å². The molecule has 12 nitrogen and oxygen atoms in total. The van der Waals surface area contributed by atoms with Crippen molar-refractivity contribution in [3.05, 3.63) is 46.7 Å². The van der Waals surface area contributed by atoms with Crippen molar-refractivity contribution in [2.24, 2.45) is 35.5 Å². The Hall–Kier alpha value is -2.89. The summed E-state index contributed by atoms with van der Waals surface area (Å²) in [5, 5.41) is 9.44. The molecular formula is C38H45Cl4F3O12Si. The first kappa shape index (κ1) is 47.8. The van der Waals surface area contributed by atoms with Crippen molar-refractivity contribution in [2.45, 2.75) is 93.2 Å². The van der Waals surface area contributed by atoms with E-state index in [1.165, 1.54) is 12.1 Å². The van der Waals surface area contributed by atoms with Crippen LogP contribution in [0.4, 0.5) is 13.2 Å². The predicted octanol–water partition coefficient (Wildman–Crippen LogP) is 6.82. The van der Waals surface area contributed by atoms with E-state index in [1.807, 2.05) is 25.7 Å². The highest BCUT2D eigenvalue weighted by Gasteiger charge is 2.81. The van der Waals surface area contributed by atoms with Crippen molar-refractivity contribution in [3.63, 3.8) is 0 Å². The molecule has 0 spiro atoms. The summed E-state index contributed by atoms with van der Waals surface area (Å²) in [4.78, 5) is 69.7. The number of halogens is 7. The van der Waals surface area contributed by atoms with Gasteiger partial charge in [-0.3, -0.25) is 9.59 Å². The Morgan fingerprint density at radius 3 is 1.66 bits per heavy atom. The van der Waals surface area contributed by atoms with Crippen LogP contribution >= 0.6 is 46.4 Å². The molecule has 322 valence electrons. The fraction of sp³-hybridized carbons (Fsp3) is 0.632. The van der Waals surface area contributed by atoms with Crippen LogP contribution in [0.5, 0.6) is 0 Å². The Balaban J connectivity index is 0.000000189. The molecule has 1 aromatic rings. The largest absolute Gasteiger partial charge is 0.547 e. The van der Waals surface area contributed by atoms with Gasteiger partial charge in [0.1, 0.15) is 6.10 Å². The summed E-state index contributed by atoms with van der Waals surface area (Å²) in [6.45, 7) is 11.3. The topological polar surface area (TPSA) is 169 Å². The average Bonchev–Trinajstić information content (AvgIpc) is 3.90. The molecule has 0 aliphatic heterocycles. The van der Waals surface area contributed by atoms with E-state index in [0.717, 1.165) is 0 Å². The van der Waals surface area contributed by atoms with E-state index in [0.29, 0.717) is 17.2 Å². The van der Waals surface area contributed by atoms with Gasteiger partial charge in [-0.1, -0.05) is 52.5 Å². The average molecular weight is 921 g/mol. The van der Waals surface area contributed by atoms with Gasteiger partial charge in [-0.25, -0.2) is 32.3 Å². The van der Waals surface area contributed by atoms with Crippen molar-refractivity contribution >= 4 is 90.2 Å². The Morgan fingerprint density at radius 1 is 0.793 bits per heavy atom. The van der Waals surface area contributed by atoms with Gasteiger partial charge < -0.3 is 28.5 Å². The number of alkyl halides is 6. The maximum absolute atomic E-state index is 14.5. The molecule has 1 aromatic carbocycles. The molecule has 0 unspecified atom stereocenters. The van der Waals surface area contributed by atoms with E-state index in [9.17, 15) is 41.9 Å². The van der Waals surface area contributed by atoms with E-state index < -0.39 is 107 Å². The second kappa shape index (κ2) is 18.4. The molecule has 11 atom stereocenters. The Kier molecular flexibility index (Phi) is 15.1.